The van der Waals surface area contributed by atoms with Crippen LogP contribution in [0.4, 0.5) is 0 Å². The Morgan fingerprint density at radius 2 is 2.24 bits per heavy atom. The molecule has 25 heavy (non-hydrogen) atoms. The molecule has 3 rings (SSSR count). The minimum atomic E-state index is -3.78. The fraction of sp³-hybridized carbons (Fsp3) is 0.647. The zero-order valence-electron chi connectivity index (χ0n) is 14.5. The second kappa shape index (κ2) is 7.04. The van der Waals surface area contributed by atoms with Gasteiger partial charge in [0.25, 0.3) is 0 Å². The second-order valence-corrected chi connectivity index (χ2v) is 9.15. The molecular weight excluding hydrogens is 366 g/mol. The van der Waals surface area contributed by atoms with Crippen LogP contribution in [0.2, 0.25) is 5.02 Å². The van der Waals surface area contributed by atoms with E-state index in [1.54, 1.807) is 6.07 Å². The number of benzene rings is 1. The van der Waals surface area contributed by atoms with E-state index < -0.39 is 15.4 Å². The Bertz CT molecular complexity index is 754. The van der Waals surface area contributed by atoms with Crippen LogP contribution in [0.5, 0.6) is 5.75 Å². The van der Waals surface area contributed by atoms with Crippen molar-refractivity contribution in [2.45, 2.75) is 25.2 Å². The van der Waals surface area contributed by atoms with Crippen LogP contribution in [0.25, 0.3) is 0 Å². The maximum absolute atomic E-state index is 13.3. The topological polar surface area (TPSA) is 76.1 Å². The maximum atomic E-state index is 13.3. The predicted molar refractivity (Wildman–Crippen MR) is 94.6 cm³/mol. The first-order valence-corrected chi connectivity index (χ1v) is 10.3. The summed E-state index contributed by atoms with van der Waals surface area (Å²) >= 11 is 6.18. The molecule has 2 aliphatic rings. The van der Waals surface area contributed by atoms with Crippen molar-refractivity contribution in [3.8, 4) is 5.75 Å². The summed E-state index contributed by atoms with van der Waals surface area (Å²) in [4.78, 5) is 0.0811. The summed E-state index contributed by atoms with van der Waals surface area (Å²) in [6, 6.07) is 3.12. The Balaban J connectivity index is 1.99. The zero-order valence-corrected chi connectivity index (χ0v) is 16.1. The van der Waals surface area contributed by atoms with Gasteiger partial charge in [0, 0.05) is 30.1 Å². The summed E-state index contributed by atoms with van der Waals surface area (Å²) in [5.74, 6) is 0.408. The summed E-state index contributed by atoms with van der Waals surface area (Å²) in [6.45, 7) is 5.49. The molecule has 0 bridgehead atoms. The molecule has 0 unspecified atom stereocenters. The first-order chi connectivity index (χ1) is 11.8. The third-order valence-corrected chi connectivity index (χ3v) is 7.48. The molecule has 0 aliphatic carbocycles. The standard InChI is InChI=1S/C17H24ClNO5S/c1-3-24-15-6-12(2)14(18)7-16(15)25(21,22)19-8-13-4-5-23-11-17(13,9-19)10-20/h6-7,13,20H,3-5,8-11H2,1-2H3/t13-,17+/m0/s1. The Hall–Kier alpha value is -0.860. The number of ether oxygens (including phenoxy) is 2. The van der Waals surface area contributed by atoms with Gasteiger partial charge in [-0.15, -0.1) is 0 Å². The van der Waals surface area contributed by atoms with Crippen LogP contribution in [-0.2, 0) is 14.8 Å². The van der Waals surface area contributed by atoms with E-state index in [2.05, 4.69) is 0 Å². The summed E-state index contributed by atoms with van der Waals surface area (Å²) in [5.41, 5.74) is 0.241. The monoisotopic (exact) mass is 389 g/mol. The third-order valence-electron chi connectivity index (χ3n) is 5.24. The molecule has 1 aromatic carbocycles. The number of halogens is 1. The van der Waals surface area contributed by atoms with Crippen LogP contribution in [0, 0.1) is 18.3 Å². The fourth-order valence-electron chi connectivity index (χ4n) is 3.70. The largest absolute Gasteiger partial charge is 0.492 e. The second-order valence-electron chi connectivity index (χ2n) is 6.84. The Kier molecular flexibility index (Phi) is 5.33. The summed E-state index contributed by atoms with van der Waals surface area (Å²) in [5, 5.41) is 10.3. The fourth-order valence-corrected chi connectivity index (χ4v) is 5.65. The van der Waals surface area contributed by atoms with Crippen molar-refractivity contribution < 1.29 is 23.0 Å². The number of hydrogen-bond donors (Lipinski definition) is 1. The van der Waals surface area contributed by atoms with E-state index in [0.29, 0.717) is 37.1 Å². The molecule has 2 atom stereocenters. The lowest BCUT2D eigenvalue weighted by atomic mass is 9.76. The summed E-state index contributed by atoms with van der Waals surface area (Å²) in [6.07, 6.45) is 0.750. The Morgan fingerprint density at radius 3 is 2.88 bits per heavy atom. The highest BCUT2D eigenvalue weighted by Gasteiger charge is 2.51. The SMILES string of the molecule is CCOc1cc(C)c(Cl)cc1S(=O)(=O)N1C[C@@H]2CCOC[C@]2(CO)C1. The van der Waals surface area contributed by atoms with Gasteiger partial charge < -0.3 is 14.6 Å². The van der Waals surface area contributed by atoms with E-state index in [9.17, 15) is 13.5 Å². The van der Waals surface area contributed by atoms with Crippen molar-refractivity contribution in [3.05, 3.63) is 22.7 Å². The molecule has 0 amide bonds. The van der Waals surface area contributed by atoms with Gasteiger partial charge in [0.15, 0.2) is 0 Å². The van der Waals surface area contributed by atoms with E-state index in [1.165, 1.54) is 10.4 Å². The molecule has 0 radical (unpaired) electrons. The van der Waals surface area contributed by atoms with Crippen LogP contribution in [0.3, 0.4) is 0 Å². The number of hydrogen-bond acceptors (Lipinski definition) is 5. The molecule has 6 nitrogen and oxygen atoms in total. The summed E-state index contributed by atoms with van der Waals surface area (Å²) in [7, 11) is -3.78. The van der Waals surface area contributed by atoms with Crippen LogP contribution in [0.15, 0.2) is 17.0 Å². The molecule has 2 fully saturated rings. The number of aryl methyl sites for hydroxylation is 1. The van der Waals surface area contributed by atoms with E-state index in [1.807, 2.05) is 13.8 Å². The van der Waals surface area contributed by atoms with E-state index in [0.717, 1.165) is 12.0 Å². The quantitative estimate of drug-likeness (QED) is 0.834. The van der Waals surface area contributed by atoms with Crippen LogP contribution < -0.4 is 4.74 Å². The van der Waals surface area contributed by atoms with Gasteiger partial charge in [0.05, 0.1) is 19.8 Å². The number of rotatable bonds is 5. The lowest BCUT2D eigenvalue weighted by molar-refractivity contribution is -0.0552. The molecule has 1 N–H and O–H groups in total. The minimum absolute atomic E-state index is 0.0811. The summed E-state index contributed by atoms with van der Waals surface area (Å²) < 4.78 is 39.0. The number of fused-ring (bicyclic) bond motifs is 1. The van der Waals surface area contributed by atoms with Crippen molar-refractivity contribution in [1.82, 2.24) is 4.31 Å². The van der Waals surface area contributed by atoms with Gasteiger partial charge in [0.2, 0.25) is 10.0 Å². The van der Waals surface area contributed by atoms with E-state index in [-0.39, 0.29) is 24.0 Å². The predicted octanol–water partition coefficient (Wildman–Crippen LogP) is 2.07. The molecule has 0 aromatic heterocycles. The highest BCUT2D eigenvalue weighted by Crippen LogP contribution is 2.44. The molecule has 1 aromatic rings. The normalized spacial score (nSPS) is 27.3. The third kappa shape index (κ3) is 3.28. The van der Waals surface area contributed by atoms with Crippen molar-refractivity contribution in [2.24, 2.45) is 11.3 Å². The van der Waals surface area contributed by atoms with Gasteiger partial charge in [-0.25, -0.2) is 8.42 Å². The average Bonchev–Trinajstić information content (AvgIpc) is 2.99. The molecule has 0 spiro atoms. The van der Waals surface area contributed by atoms with Crippen LogP contribution >= 0.6 is 11.6 Å². The molecular formula is C17H24ClNO5S. The van der Waals surface area contributed by atoms with Crippen molar-refractivity contribution in [3.63, 3.8) is 0 Å². The lowest BCUT2D eigenvalue weighted by Crippen LogP contribution is -2.43. The van der Waals surface area contributed by atoms with Gasteiger partial charge in [0.1, 0.15) is 10.6 Å². The first kappa shape index (κ1) is 18.9. The molecule has 0 saturated carbocycles. The molecule has 2 saturated heterocycles. The number of aliphatic hydroxyl groups excluding tert-OH is 1. The molecule has 2 aliphatic heterocycles. The van der Waals surface area contributed by atoms with E-state index in [4.69, 9.17) is 21.1 Å². The lowest BCUT2D eigenvalue weighted by Gasteiger charge is -2.36. The van der Waals surface area contributed by atoms with Crippen molar-refractivity contribution >= 4 is 21.6 Å². The first-order valence-electron chi connectivity index (χ1n) is 8.46. The highest BCUT2D eigenvalue weighted by molar-refractivity contribution is 7.89. The number of nitrogens with zero attached hydrogens (tertiary/aromatic N) is 1. The minimum Gasteiger partial charge on any atom is -0.492 e. The van der Waals surface area contributed by atoms with Crippen LogP contribution in [0.1, 0.15) is 18.9 Å². The van der Waals surface area contributed by atoms with Gasteiger partial charge in [-0.2, -0.15) is 4.31 Å². The molecule has 8 heteroatoms. The zero-order chi connectivity index (χ0) is 18.2. The van der Waals surface area contributed by atoms with Gasteiger partial charge in [-0.1, -0.05) is 11.6 Å². The molecule has 2 heterocycles. The van der Waals surface area contributed by atoms with Crippen LogP contribution in [-0.4, -0.2) is 57.3 Å². The van der Waals surface area contributed by atoms with Gasteiger partial charge in [-0.3, -0.25) is 0 Å². The van der Waals surface area contributed by atoms with E-state index >= 15 is 0 Å². The molecule has 140 valence electrons. The number of sulfonamides is 1. The van der Waals surface area contributed by atoms with Gasteiger partial charge in [-0.05, 0) is 43.9 Å². The smallest absolute Gasteiger partial charge is 0.246 e. The average molecular weight is 390 g/mol. The Morgan fingerprint density at radius 1 is 1.48 bits per heavy atom. The van der Waals surface area contributed by atoms with Gasteiger partial charge >= 0.3 is 0 Å². The van der Waals surface area contributed by atoms with Crippen molar-refractivity contribution in [2.75, 3.05) is 39.5 Å². The van der Waals surface area contributed by atoms with Crippen molar-refractivity contribution in [1.29, 1.82) is 0 Å². The Labute approximate surface area is 153 Å². The maximum Gasteiger partial charge on any atom is 0.246 e. The number of aliphatic hydroxyl groups is 1. The highest BCUT2D eigenvalue weighted by atomic mass is 35.5.